The lowest BCUT2D eigenvalue weighted by atomic mass is 10.3. The van der Waals surface area contributed by atoms with Gasteiger partial charge in [0, 0.05) is 18.3 Å². The standard InChI is InChI=1S/C8H12N2/c1-6-5-9-8(10-6)4-7-2-3-7/h5,7H,2-4H2,1H3,(H,9,10). The first-order chi connectivity index (χ1) is 4.84. The van der Waals surface area contributed by atoms with Gasteiger partial charge in [-0.15, -0.1) is 0 Å². The van der Waals surface area contributed by atoms with Gasteiger partial charge in [0.2, 0.25) is 0 Å². The first kappa shape index (κ1) is 5.96. The zero-order valence-corrected chi connectivity index (χ0v) is 6.22. The molecule has 0 amide bonds. The van der Waals surface area contributed by atoms with Crippen molar-refractivity contribution in [3.05, 3.63) is 17.7 Å². The monoisotopic (exact) mass is 136 g/mol. The molecule has 1 fully saturated rings. The van der Waals surface area contributed by atoms with E-state index in [1.54, 1.807) is 0 Å². The Morgan fingerprint density at radius 3 is 3.00 bits per heavy atom. The van der Waals surface area contributed by atoms with Crippen LogP contribution >= 0.6 is 0 Å². The van der Waals surface area contributed by atoms with E-state index in [-0.39, 0.29) is 0 Å². The molecule has 2 nitrogen and oxygen atoms in total. The van der Waals surface area contributed by atoms with Crippen molar-refractivity contribution in [2.45, 2.75) is 26.2 Å². The highest BCUT2D eigenvalue weighted by molar-refractivity contribution is 5.00. The average molecular weight is 136 g/mol. The van der Waals surface area contributed by atoms with Gasteiger partial charge in [-0.3, -0.25) is 0 Å². The Balaban J connectivity index is 2.03. The summed E-state index contributed by atoms with van der Waals surface area (Å²) in [5.74, 6) is 2.10. The van der Waals surface area contributed by atoms with Crippen LogP contribution in [-0.2, 0) is 6.42 Å². The molecule has 54 valence electrons. The minimum atomic E-state index is 0.936. The van der Waals surface area contributed by atoms with Crippen molar-refractivity contribution >= 4 is 0 Å². The number of nitrogens with zero attached hydrogens (tertiary/aromatic N) is 1. The van der Waals surface area contributed by atoms with E-state index >= 15 is 0 Å². The molecule has 1 aliphatic carbocycles. The molecule has 0 bridgehead atoms. The molecule has 0 unspecified atom stereocenters. The molecular formula is C8H12N2. The lowest BCUT2D eigenvalue weighted by Crippen LogP contribution is -1.88. The molecule has 1 aliphatic rings. The van der Waals surface area contributed by atoms with E-state index in [2.05, 4.69) is 9.97 Å². The SMILES string of the molecule is Cc1cnc(CC2CC2)[nH]1. The molecule has 0 spiro atoms. The molecule has 1 heterocycles. The number of aromatic amines is 1. The van der Waals surface area contributed by atoms with Crippen LogP contribution in [0.3, 0.4) is 0 Å². The van der Waals surface area contributed by atoms with Crippen molar-refractivity contribution in [2.24, 2.45) is 5.92 Å². The van der Waals surface area contributed by atoms with Gasteiger partial charge in [0.05, 0.1) is 0 Å². The van der Waals surface area contributed by atoms with Crippen LogP contribution in [0.2, 0.25) is 0 Å². The van der Waals surface area contributed by atoms with Gasteiger partial charge in [0.15, 0.2) is 0 Å². The van der Waals surface area contributed by atoms with Gasteiger partial charge in [-0.05, 0) is 25.7 Å². The summed E-state index contributed by atoms with van der Waals surface area (Å²) < 4.78 is 0. The maximum Gasteiger partial charge on any atom is 0.106 e. The van der Waals surface area contributed by atoms with Crippen molar-refractivity contribution < 1.29 is 0 Å². The quantitative estimate of drug-likeness (QED) is 0.658. The second-order valence-corrected chi connectivity index (χ2v) is 3.16. The predicted octanol–water partition coefficient (Wildman–Crippen LogP) is 1.67. The Morgan fingerprint density at radius 1 is 1.70 bits per heavy atom. The van der Waals surface area contributed by atoms with Gasteiger partial charge in [0.1, 0.15) is 5.82 Å². The summed E-state index contributed by atoms with van der Waals surface area (Å²) in [4.78, 5) is 7.48. The molecule has 1 aromatic rings. The third-order valence-electron chi connectivity index (χ3n) is 1.93. The van der Waals surface area contributed by atoms with E-state index in [4.69, 9.17) is 0 Å². The fourth-order valence-corrected chi connectivity index (χ4v) is 1.17. The summed E-state index contributed by atoms with van der Waals surface area (Å²) in [6.45, 7) is 2.05. The van der Waals surface area contributed by atoms with Crippen molar-refractivity contribution in [1.29, 1.82) is 0 Å². The third-order valence-corrected chi connectivity index (χ3v) is 1.93. The van der Waals surface area contributed by atoms with E-state index in [1.165, 1.54) is 24.4 Å². The Morgan fingerprint density at radius 2 is 2.50 bits per heavy atom. The van der Waals surface area contributed by atoms with Crippen LogP contribution in [0.1, 0.15) is 24.4 Å². The summed E-state index contributed by atoms with van der Waals surface area (Å²) in [7, 11) is 0. The second-order valence-electron chi connectivity index (χ2n) is 3.16. The fraction of sp³-hybridized carbons (Fsp3) is 0.625. The van der Waals surface area contributed by atoms with Crippen molar-refractivity contribution in [3.8, 4) is 0 Å². The number of nitrogens with one attached hydrogen (secondary N) is 1. The van der Waals surface area contributed by atoms with E-state index in [9.17, 15) is 0 Å². The Kier molecular flexibility index (Phi) is 1.26. The predicted molar refractivity (Wildman–Crippen MR) is 39.8 cm³/mol. The van der Waals surface area contributed by atoms with Crippen LogP contribution in [0.4, 0.5) is 0 Å². The average Bonchev–Trinajstić information content (AvgIpc) is 2.59. The molecule has 0 saturated heterocycles. The highest BCUT2D eigenvalue weighted by Gasteiger charge is 2.22. The third kappa shape index (κ3) is 1.20. The lowest BCUT2D eigenvalue weighted by molar-refractivity contribution is 0.782. The largest absolute Gasteiger partial charge is 0.346 e. The van der Waals surface area contributed by atoms with Crippen LogP contribution in [0.25, 0.3) is 0 Å². The van der Waals surface area contributed by atoms with E-state index in [1.807, 2.05) is 13.1 Å². The normalized spacial score (nSPS) is 17.7. The molecule has 0 aliphatic heterocycles. The highest BCUT2D eigenvalue weighted by atomic mass is 14.9. The first-order valence-electron chi connectivity index (χ1n) is 3.85. The van der Waals surface area contributed by atoms with E-state index in [0.717, 1.165) is 12.3 Å². The molecule has 1 saturated carbocycles. The fourth-order valence-electron chi connectivity index (χ4n) is 1.17. The van der Waals surface area contributed by atoms with Crippen molar-refractivity contribution in [2.75, 3.05) is 0 Å². The number of rotatable bonds is 2. The topological polar surface area (TPSA) is 28.7 Å². The number of hydrogen-bond donors (Lipinski definition) is 1. The van der Waals surface area contributed by atoms with Crippen LogP contribution in [0, 0.1) is 12.8 Å². The maximum atomic E-state index is 4.24. The smallest absolute Gasteiger partial charge is 0.106 e. The highest BCUT2D eigenvalue weighted by Crippen LogP contribution is 2.31. The summed E-state index contributed by atoms with van der Waals surface area (Å²) >= 11 is 0. The molecule has 0 radical (unpaired) electrons. The maximum absolute atomic E-state index is 4.24. The minimum absolute atomic E-state index is 0.936. The summed E-state index contributed by atoms with van der Waals surface area (Å²) in [5, 5.41) is 0. The van der Waals surface area contributed by atoms with Gasteiger partial charge >= 0.3 is 0 Å². The summed E-state index contributed by atoms with van der Waals surface area (Å²) in [5.41, 5.74) is 1.18. The van der Waals surface area contributed by atoms with Gasteiger partial charge in [-0.2, -0.15) is 0 Å². The van der Waals surface area contributed by atoms with E-state index in [0.29, 0.717) is 0 Å². The van der Waals surface area contributed by atoms with Gasteiger partial charge < -0.3 is 4.98 Å². The summed E-state index contributed by atoms with van der Waals surface area (Å²) in [6.07, 6.45) is 5.87. The molecule has 0 atom stereocenters. The van der Waals surface area contributed by atoms with Crippen molar-refractivity contribution in [1.82, 2.24) is 9.97 Å². The number of aryl methyl sites for hydroxylation is 1. The molecule has 2 rings (SSSR count). The molecule has 2 heteroatoms. The van der Waals surface area contributed by atoms with Crippen molar-refractivity contribution in [3.63, 3.8) is 0 Å². The zero-order valence-electron chi connectivity index (χ0n) is 6.22. The number of imidazole rings is 1. The second kappa shape index (κ2) is 2.11. The van der Waals surface area contributed by atoms with Gasteiger partial charge in [0.25, 0.3) is 0 Å². The Hall–Kier alpha value is -0.790. The minimum Gasteiger partial charge on any atom is -0.346 e. The Bertz CT molecular complexity index is 223. The molecular weight excluding hydrogens is 124 g/mol. The molecule has 1 N–H and O–H groups in total. The Labute approximate surface area is 60.7 Å². The van der Waals surface area contributed by atoms with E-state index < -0.39 is 0 Å². The number of aromatic nitrogens is 2. The van der Waals surface area contributed by atoms with Crippen LogP contribution < -0.4 is 0 Å². The lowest BCUT2D eigenvalue weighted by Gasteiger charge is -1.89. The van der Waals surface area contributed by atoms with Crippen LogP contribution in [0.15, 0.2) is 6.20 Å². The van der Waals surface area contributed by atoms with Crippen LogP contribution in [0.5, 0.6) is 0 Å². The van der Waals surface area contributed by atoms with Gasteiger partial charge in [-0.1, -0.05) is 0 Å². The molecule has 10 heavy (non-hydrogen) atoms. The summed E-state index contributed by atoms with van der Waals surface area (Å²) in [6, 6.07) is 0. The molecule has 0 aromatic carbocycles. The number of hydrogen-bond acceptors (Lipinski definition) is 1. The zero-order chi connectivity index (χ0) is 6.97. The van der Waals surface area contributed by atoms with Gasteiger partial charge in [-0.25, -0.2) is 4.98 Å². The van der Waals surface area contributed by atoms with Crippen LogP contribution in [-0.4, -0.2) is 9.97 Å². The number of H-pyrrole nitrogens is 1. The first-order valence-corrected chi connectivity index (χ1v) is 3.85. The molecule has 1 aromatic heterocycles.